The van der Waals surface area contributed by atoms with Crippen LogP contribution in [0.3, 0.4) is 0 Å². The van der Waals surface area contributed by atoms with Gasteiger partial charge in [0, 0.05) is 63.1 Å². The minimum atomic E-state index is -0.274. The quantitative estimate of drug-likeness (QED) is 0.0702. The Labute approximate surface area is 273 Å². The first-order chi connectivity index (χ1) is 21.1. The Balaban J connectivity index is 1.46. The van der Waals surface area contributed by atoms with E-state index in [0.29, 0.717) is 60.9 Å². The highest BCUT2D eigenvalue weighted by atomic mass is 16.5. The van der Waals surface area contributed by atoms with Crippen molar-refractivity contribution in [3.05, 3.63) is 36.0 Å². The summed E-state index contributed by atoms with van der Waals surface area (Å²) in [5.41, 5.74) is 7.22. The van der Waals surface area contributed by atoms with Gasteiger partial charge in [-0.2, -0.15) is 0 Å². The second kappa shape index (κ2) is 17.8. The summed E-state index contributed by atoms with van der Waals surface area (Å²) in [6.07, 6.45) is 8.44. The van der Waals surface area contributed by atoms with Gasteiger partial charge in [-0.1, -0.05) is 26.0 Å². The lowest BCUT2D eigenvalue weighted by molar-refractivity contribution is -0.121. The van der Waals surface area contributed by atoms with E-state index in [1.807, 2.05) is 27.8 Å². The Morgan fingerprint density at radius 2 is 1.62 bits per heavy atom. The molecular weight excluding hydrogens is 568 g/mol. The monoisotopic (exact) mass is 632 g/mol. The van der Waals surface area contributed by atoms with Gasteiger partial charge in [-0.05, 0) is 96.5 Å². The molecular formula is C35H64N6O4. The molecule has 0 aromatic heterocycles. The molecule has 2 aliphatic carbocycles. The Bertz CT molecular complexity index is 1040. The smallest absolute Gasteiger partial charge is 0.239 e. The second-order valence-corrected chi connectivity index (χ2v) is 14.3. The lowest BCUT2D eigenvalue weighted by atomic mass is 9.83. The topological polar surface area (TPSA) is 116 Å². The van der Waals surface area contributed by atoms with Crippen molar-refractivity contribution >= 4 is 11.8 Å². The highest BCUT2D eigenvalue weighted by Gasteiger charge is 2.69. The summed E-state index contributed by atoms with van der Waals surface area (Å²) >= 11 is 0. The van der Waals surface area contributed by atoms with E-state index in [1.165, 1.54) is 24.1 Å². The summed E-state index contributed by atoms with van der Waals surface area (Å²) in [6, 6.07) is 0. The van der Waals surface area contributed by atoms with Crippen LogP contribution in [0, 0.1) is 16.7 Å². The van der Waals surface area contributed by atoms with Crippen LogP contribution in [-0.2, 0) is 19.1 Å². The number of hydrogen-bond donors (Lipinski definition) is 5. The van der Waals surface area contributed by atoms with Crippen molar-refractivity contribution in [3.63, 3.8) is 0 Å². The zero-order valence-electron chi connectivity index (χ0n) is 29.7. The van der Waals surface area contributed by atoms with Crippen LogP contribution in [0.1, 0.15) is 99.3 Å². The molecule has 0 aromatic rings. The average Bonchev–Trinajstić information content (AvgIpc) is 3.42. The maximum absolute atomic E-state index is 12.1. The molecule has 0 aromatic carbocycles. The molecule has 2 aliphatic rings. The molecule has 0 heterocycles. The van der Waals surface area contributed by atoms with Gasteiger partial charge < -0.3 is 35.7 Å². The maximum atomic E-state index is 12.1. The molecule has 1 fully saturated rings. The first-order valence-corrected chi connectivity index (χ1v) is 16.9. The largest absolute Gasteiger partial charge is 0.479 e. The number of nitrogens with zero attached hydrogens (tertiary/aromatic N) is 1. The fourth-order valence-corrected chi connectivity index (χ4v) is 6.58. The predicted octanol–water partition coefficient (Wildman–Crippen LogP) is 4.72. The molecule has 0 unspecified atom stereocenters. The van der Waals surface area contributed by atoms with Gasteiger partial charge in [0.25, 0.3) is 0 Å². The van der Waals surface area contributed by atoms with Crippen LogP contribution < -0.4 is 26.7 Å². The first-order valence-electron chi connectivity index (χ1n) is 16.9. The van der Waals surface area contributed by atoms with Gasteiger partial charge in [-0.15, -0.1) is 0 Å². The van der Waals surface area contributed by atoms with Crippen molar-refractivity contribution in [2.45, 2.75) is 105 Å². The molecule has 2 amide bonds. The first kappa shape index (κ1) is 38.5. The third-order valence-corrected chi connectivity index (χ3v) is 9.84. The van der Waals surface area contributed by atoms with Gasteiger partial charge in [0.05, 0.1) is 19.8 Å². The Morgan fingerprint density at radius 1 is 0.933 bits per heavy atom. The molecule has 0 aliphatic heterocycles. The summed E-state index contributed by atoms with van der Waals surface area (Å²) in [5.74, 6) is 1.07. The van der Waals surface area contributed by atoms with Gasteiger partial charge in [0.1, 0.15) is 0 Å². The van der Waals surface area contributed by atoms with Crippen LogP contribution in [0.5, 0.6) is 0 Å². The number of allylic oxidation sites excluding steroid dienone is 3. The Hall–Kier alpha value is -2.72. The molecule has 10 nitrogen and oxygen atoms in total. The van der Waals surface area contributed by atoms with Gasteiger partial charge >= 0.3 is 0 Å². The lowest BCUT2D eigenvalue weighted by Crippen LogP contribution is -2.44. The molecule has 0 radical (unpaired) electrons. The summed E-state index contributed by atoms with van der Waals surface area (Å²) in [7, 11) is 4.10. The highest BCUT2D eigenvalue weighted by Crippen LogP contribution is 2.74. The summed E-state index contributed by atoms with van der Waals surface area (Å²) < 4.78 is 11.8. The highest BCUT2D eigenvalue weighted by molar-refractivity contribution is 5.79. The zero-order chi connectivity index (χ0) is 33.7. The molecule has 5 N–H and O–H groups in total. The number of ether oxygens (including phenoxy) is 2. The van der Waals surface area contributed by atoms with Crippen LogP contribution in [0.15, 0.2) is 36.0 Å². The van der Waals surface area contributed by atoms with Crippen LogP contribution in [0.25, 0.3) is 0 Å². The fourth-order valence-electron chi connectivity index (χ4n) is 6.58. The standard InChI is InChI=1S/C35H64N6O4/c1-26-16-18-34(7)30(35(34,8)19-17-29(26)41(10)36-9)25-45-28(3)37-20-12-11-13-22-44-23-21-38-31(42)15-14-27(2)39-24-32(43)40-33(4,5)6/h30,36-37,39H,2-3,11-25H2,1,4-10H3,(H,38,42)(H,40,43)/b29-26+/t30-,34+,35-/m1/s1. The Morgan fingerprint density at radius 3 is 2.29 bits per heavy atom. The predicted molar refractivity (Wildman–Crippen MR) is 183 cm³/mol. The molecule has 2 rings (SSSR count). The van der Waals surface area contributed by atoms with Crippen LogP contribution in [-0.4, -0.2) is 75.9 Å². The second-order valence-electron chi connectivity index (χ2n) is 14.3. The molecule has 0 spiro atoms. The van der Waals surface area contributed by atoms with E-state index >= 15 is 0 Å². The maximum Gasteiger partial charge on any atom is 0.239 e. The van der Waals surface area contributed by atoms with E-state index in [2.05, 4.69) is 72.7 Å². The van der Waals surface area contributed by atoms with Crippen molar-refractivity contribution in [1.29, 1.82) is 0 Å². The lowest BCUT2D eigenvalue weighted by Gasteiger charge is -2.29. The van der Waals surface area contributed by atoms with Crippen molar-refractivity contribution in [2.24, 2.45) is 16.7 Å². The van der Waals surface area contributed by atoms with Crippen molar-refractivity contribution < 1.29 is 19.1 Å². The van der Waals surface area contributed by atoms with Crippen LogP contribution in [0.2, 0.25) is 0 Å². The fraction of sp³-hybridized carbons (Fsp3) is 0.771. The number of rotatable bonds is 21. The van der Waals surface area contributed by atoms with E-state index in [1.54, 1.807) is 0 Å². The minimum Gasteiger partial charge on any atom is -0.479 e. The summed E-state index contributed by atoms with van der Waals surface area (Å²) in [6.45, 7) is 24.3. The molecule has 10 heteroatoms. The summed E-state index contributed by atoms with van der Waals surface area (Å²) in [4.78, 5) is 23.9. The normalized spacial score (nSPS) is 24.4. The molecule has 3 atom stereocenters. The number of carbonyl (C=O) groups is 2. The van der Waals surface area contributed by atoms with Gasteiger partial charge in [0.2, 0.25) is 11.8 Å². The average molecular weight is 633 g/mol. The van der Waals surface area contributed by atoms with Gasteiger partial charge in [-0.3, -0.25) is 9.59 Å². The number of amides is 2. The van der Waals surface area contributed by atoms with E-state index in [0.717, 1.165) is 45.3 Å². The molecule has 0 saturated heterocycles. The molecule has 0 bridgehead atoms. The van der Waals surface area contributed by atoms with Gasteiger partial charge in [-0.25, -0.2) is 5.43 Å². The SMILES string of the molecule is C=C(CCC(=O)NCCOCCCCCNC(=C)OC[C@@H]1[C@]2(C)CC/C(C)=C(/N(C)NC)CC[C@]12C)NCC(=O)NC(C)(C)C. The summed E-state index contributed by atoms with van der Waals surface area (Å²) in [5, 5.41) is 14.2. The number of carbonyl (C=O) groups excluding carboxylic acids is 2. The third kappa shape index (κ3) is 12.5. The third-order valence-electron chi connectivity index (χ3n) is 9.84. The van der Waals surface area contributed by atoms with Crippen LogP contribution >= 0.6 is 0 Å². The molecule has 45 heavy (non-hydrogen) atoms. The van der Waals surface area contributed by atoms with E-state index in [-0.39, 0.29) is 23.9 Å². The van der Waals surface area contributed by atoms with Gasteiger partial charge in [0.15, 0.2) is 5.88 Å². The van der Waals surface area contributed by atoms with Crippen molar-refractivity contribution in [2.75, 3.05) is 53.6 Å². The number of fused-ring (bicyclic) bond motifs is 1. The van der Waals surface area contributed by atoms with Crippen LogP contribution in [0.4, 0.5) is 0 Å². The molecule has 258 valence electrons. The van der Waals surface area contributed by atoms with E-state index < -0.39 is 0 Å². The van der Waals surface area contributed by atoms with E-state index in [4.69, 9.17) is 9.47 Å². The van der Waals surface area contributed by atoms with Crippen molar-refractivity contribution in [3.8, 4) is 0 Å². The van der Waals surface area contributed by atoms with Crippen molar-refractivity contribution in [1.82, 2.24) is 31.7 Å². The Kier molecular flexibility index (Phi) is 15.2. The minimum absolute atomic E-state index is 0.0533. The number of nitrogens with one attached hydrogen (secondary N) is 5. The number of hydrogen-bond acceptors (Lipinski definition) is 8. The number of hydrazine groups is 1. The number of unbranched alkanes of at least 4 members (excludes halogenated alkanes) is 2. The van der Waals surface area contributed by atoms with E-state index in [9.17, 15) is 9.59 Å². The molecule has 1 saturated carbocycles. The zero-order valence-corrected chi connectivity index (χ0v) is 29.7.